The fraction of sp³-hybridized carbons (Fsp3) is 0.556. The van der Waals surface area contributed by atoms with Gasteiger partial charge in [0.25, 0.3) is 0 Å². The number of Topliss-reactive ketones (excluding diaryl/α,β-unsaturated/α-hetero) is 1. The number of aliphatic carboxylic acids is 1. The van der Waals surface area contributed by atoms with Gasteiger partial charge >= 0.3 is 5.97 Å². The predicted molar refractivity (Wildman–Crippen MR) is 99.0 cm³/mol. The lowest BCUT2D eigenvalue weighted by atomic mass is 9.87. The highest BCUT2D eigenvalue weighted by Crippen LogP contribution is 2.27. The number of nitrogens with one attached hydrogen (secondary N) is 1. The summed E-state index contributed by atoms with van der Waals surface area (Å²) in [4.78, 5) is 22.5. The van der Waals surface area contributed by atoms with Crippen LogP contribution in [0.3, 0.4) is 0 Å². The van der Waals surface area contributed by atoms with Crippen molar-refractivity contribution in [1.82, 2.24) is 4.72 Å². The van der Waals surface area contributed by atoms with Crippen LogP contribution in [0.4, 0.5) is 0 Å². The first kappa shape index (κ1) is 20.9. The lowest BCUT2D eigenvalue weighted by Gasteiger charge is -2.21. The second kappa shape index (κ2) is 9.48. The van der Waals surface area contributed by atoms with Crippen molar-refractivity contribution in [2.75, 3.05) is 6.54 Å². The molecule has 0 bridgehead atoms. The van der Waals surface area contributed by atoms with Gasteiger partial charge in [-0.15, -0.1) is 0 Å². The van der Waals surface area contributed by atoms with Crippen LogP contribution in [0.1, 0.15) is 61.7 Å². The van der Waals surface area contributed by atoms with E-state index in [9.17, 15) is 18.0 Å². The standard InChI is InChI=1S/C18H24ClNO5S/c19-15-7-6-14(16(21)8-9-18(22)23)12-17(15)26(24,25)20-11-10-13-4-2-1-3-5-13/h6-7,12-13,20H,1-5,8-11H2,(H,22,23). The maximum Gasteiger partial charge on any atom is 0.303 e. The van der Waals surface area contributed by atoms with Gasteiger partial charge < -0.3 is 5.11 Å². The zero-order valence-corrected chi connectivity index (χ0v) is 16.1. The van der Waals surface area contributed by atoms with Crippen molar-refractivity contribution in [2.24, 2.45) is 5.92 Å². The van der Waals surface area contributed by atoms with Crippen molar-refractivity contribution in [1.29, 1.82) is 0 Å². The van der Waals surface area contributed by atoms with Crippen LogP contribution in [0.15, 0.2) is 23.1 Å². The fourth-order valence-corrected chi connectivity index (χ4v) is 4.77. The molecule has 0 aromatic heterocycles. The Bertz CT molecular complexity index is 757. The summed E-state index contributed by atoms with van der Waals surface area (Å²) in [6, 6.07) is 3.98. The van der Waals surface area contributed by atoms with E-state index in [1.54, 1.807) is 0 Å². The van der Waals surface area contributed by atoms with E-state index in [-0.39, 0.29) is 28.3 Å². The molecule has 2 rings (SSSR count). The van der Waals surface area contributed by atoms with Gasteiger partial charge in [-0.25, -0.2) is 13.1 Å². The average molecular weight is 402 g/mol. The summed E-state index contributed by atoms with van der Waals surface area (Å²) in [5, 5.41) is 8.69. The number of hydrogen-bond acceptors (Lipinski definition) is 4. The Morgan fingerprint density at radius 2 is 1.85 bits per heavy atom. The highest BCUT2D eigenvalue weighted by Gasteiger charge is 2.21. The number of hydrogen-bond donors (Lipinski definition) is 2. The van der Waals surface area contributed by atoms with Crippen LogP contribution in [-0.2, 0) is 14.8 Å². The van der Waals surface area contributed by atoms with E-state index >= 15 is 0 Å². The molecule has 1 aliphatic carbocycles. The van der Waals surface area contributed by atoms with E-state index in [1.165, 1.54) is 37.5 Å². The molecule has 8 heteroatoms. The van der Waals surface area contributed by atoms with E-state index in [4.69, 9.17) is 16.7 Å². The lowest BCUT2D eigenvalue weighted by molar-refractivity contribution is -0.136. The molecular weight excluding hydrogens is 378 g/mol. The van der Waals surface area contributed by atoms with Gasteiger partial charge in [-0.3, -0.25) is 9.59 Å². The summed E-state index contributed by atoms with van der Waals surface area (Å²) >= 11 is 6.02. The van der Waals surface area contributed by atoms with Crippen molar-refractivity contribution < 1.29 is 23.1 Å². The third-order valence-corrected chi connectivity index (χ3v) is 6.62. The monoisotopic (exact) mass is 401 g/mol. The van der Waals surface area contributed by atoms with Crippen molar-refractivity contribution in [3.63, 3.8) is 0 Å². The molecule has 1 aliphatic rings. The Labute approximate surface area is 159 Å². The molecule has 1 aromatic carbocycles. The summed E-state index contributed by atoms with van der Waals surface area (Å²) < 4.78 is 27.6. The Morgan fingerprint density at radius 1 is 1.15 bits per heavy atom. The van der Waals surface area contributed by atoms with Gasteiger partial charge in [0.15, 0.2) is 5.78 Å². The molecular formula is C18H24ClNO5S. The molecule has 2 N–H and O–H groups in total. The van der Waals surface area contributed by atoms with Gasteiger partial charge in [-0.05, 0) is 30.5 Å². The Balaban J connectivity index is 2.03. The number of carbonyl (C=O) groups is 2. The number of carboxylic acid groups (broad SMARTS) is 1. The SMILES string of the molecule is O=C(O)CCC(=O)c1ccc(Cl)c(S(=O)(=O)NCCC2CCCCC2)c1. The third kappa shape index (κ3) is 6.07. The number of halogens is 1. The quantitative estimate of drug-likeness (QED) is 0.615. The van der Waals surface area contributed by atoms with E-state index < -0.39 is 21.8 Å². The van der Waals surface area contributed by atoms with Crippen molar-refractivity contribution in [2.45, 2.75) is 56.3 Å². The maximum absolute atomic E-state index is 12.5. The van der Waals surface area contributed by atoms with Crippen LogP contribution in [0.5, 0.6) is 0 Å². The average Bonchev–Trinajstić information content (AvgIpc) is 2.60. The summed E-state index contributed by atoms with van der Waals surface area (Å²) in [6.45, 7) is 0.334. The number of rotatable bonds is 9. The molecule has 1 aromatic rings. The molecule has 0 radical (unpaired) electrons. The highest BCUT2D eigenvalue weighted by atomic mass is 35.5. The van der Waals surface area contributed by atoms with E-state index in [2.05, 4.69) is 4.72 Å². The molecule has 0 spiro atoms. The first-order valence-corrected chi connectivity index (χ1v) is 10.7. The maximum atomic E-state index is 12.5. The molecule has 144 valence electrons. The summed E-state index contributed by atoms with van der Waals surface area (Å²) in [7, 11) is -3.83. The summed E-state index contributed by atoms with van der Waals surface area (Å²) in [6.07, 6.45) is 6.21. The minimum absolute atomic E-state index is 0.0324. The molecule has 0 saturated heterocycles. The fourth-order valence-electron chi connectivity index (χ4n) is 3.20. The normalized spacial score (nSPS) is 15.7. The van der Waals surface area contributed by atoms with Crippen LogP contribution in [-0.4, -0.2) is 31.8 Å². The largest absolute Gasteiger partial charge is 0.481 e. The van der Waals surface area contributed by atoms with E-state index in [1.807, 2.05) is 0 Å². The first-order chi connectivity index (χ1) is 12.3. The molecule has 0 heterocycles. The van der Waals surface area contributed by atoms with Gasteiger partial charge in [0.2, 0.25) is 10.0 Å². The van der Waals surface area contributed by atoms with Gasteiger partial charge in [0.05, 0.1) is 11.4 Å². The lowest BCUT2D eigenvalue weighted by Crippen LogP contribution is -2.27. The highest BCUT2D eigenvalue weighted by molar-refractivity contribution is 7.89. The van der Waals surface area contributed by atoms with Crippen LogP contribution in [0.2, 0.25) is 5.02 Å². The topological polar surface area (TPSA) is 101 Å². The second-order valence-corrected chi connectivity index (χ2v) is 8.80. The smallest absolute Gasteiger partial charge is 0.303 e. The minimum atomic E-state index is -3.83. The predicted octanol–water partition coefficient (Wildman–Crippen LogP) is 3.64. The van der Waals surface area contributed by atoms with E-state index in [0.29, 0.717) is 12.5 Å². The molecule has 0 unspecified atom stereocenters. The van der Waals surface area contributed by atoms with Crippen LogP contribution in [0.25, 0.3) is 0 Å². The van der Waals surface area contributed by atoms with Crippen LogP contribution < -0.4 is 4.72 Å². The summed E-state index contributed by atoms with van der Waals surface area (Å²) in [5.41, 5.74) is 0.142. The number of sulfonamides is 1. The third-order valence-electron chi connectivity index (χ3n) is 4.68. The van der Waals surface area contributed by atoms with Crippen molar-refractivity contribution >= 4 is 33.4 Å². The minimum Gasteiger partial charge on any atom is -0.481 e. The zero-order chi connectivity index (χ0) is 19.2. The zero-order valence-electron chi connectivity index (χ0n) is 14.5. The molecule has 0 amide bonds. The van der Waals surface area contributed by atoms with Gasteiger partial charge in [-0.1, -0.05) is 43.7 Å². The second-order valence-electron chi connectivity index (χ2n) is 6.65. The van der Waals surface area contributed by atoms with Crippen LogP contribution in [0, 0.1) is 5.92 Å². The molecule has 0 atom stereocenters. The molecule has 1 saturated carbocycles. The van der Waals surface area contributed by atoms with Gasteiger partial charge in [-0.2, -0.15) is 0 Å². The van der Waals surface area contributed by atoms with Gasteiger partial charge in [0, 0.05) is 18.5 Å². The molecule has 6 nitrogen and oxygen atoms in total. The molecule has 1 fully saturated rings. The Kier molecular flexibility index (Phi) is 7.61. The van der Waals surface area contributed by atoms with Crippen LogP contribution >= 0.6 is 11.6 Å². The van der Waals surface area contributed by atoms with Gasteiger partial charge in [0.1, 0.15) is 4.90 Å². The Hall–Kier alpha value is -1.44. The molecule has 0 aliphatic heterocycles. The Morgan fingerprint density at radius 3 is 2.50 bits per heavy atom. The number of benzene rings is 1. The number of carbonyl (C=O) groups excluding carboxylic acids is 1. The molecule has 26 heavy (non-hydrogen) atoms. The van der Waals surface area contributed by atoms with Crippen molar-refractivity contribution in [3.8, 4) is 0 Å². The van der Waals surface area contributed by atoms with E-state index in [0.717, 1.165) is 19.3 Å². The van der Waals surface area contributed by atoms with Crippen molar-refractivity contribution in [3.05, 3.63) is 28.8 Å². The number of ketones is 1. The first-order valence-electron chi connectivity index (χ1n) is 8.84. The summed E-state index contributed by atoms with van der Waals surface area (Å²) in [5.74, 6) is -0.960. The number of carboxylic acids is 1.